The standard InChI is InChI=1S/C28H54O6/c1-23(2)27(25(31)21-29)33-19-17-15-13-11-9-7-5-6-8-10-12-14-16-18-20-34-28(24(3)4)26(32)22-30/h25-26,29-32H,5-22H2,1-4H3. The van der Waals surface area contributed by atoms with Crippen molar-refractivity contribution >= 4 is 0 Å². The lowest BCUT2D eigenvalue weighted by Crippen LogP contribution is -2.19. The van der Waals surface area contributed by atoms with Crippen molar-refractivity contribution in [3.05, 3.63) is 22.7 Å². The first-order valence-corrected chi connectivity index (χ1v) is 13.5. The molecule has 0 aliphatic rings. The van der Waals surface area contributed by atoms with Crippen LogP contribution in [0.15, 0.2) is 22.7 Å². The molecule has 0 aromatic heterocycles. The van der Waals surface area contributed by atoms with Gasteiger partial charge in [-0.15, -0.1) is 0 Å². The SMILES string of the molecule is CC(C)=C(OCCCCCCCCCCCCCCCCOC(=C(C)C)C(O)CO)C(O)CO. The zero-order valence-corrected chi connectivity index (χ0v) is 22.5. The Bertz CT molecular complexity index is 487. The van der Waals surface area contributed by atoms with Gasteiger partial charge in [0.15, 0.2) is 0 Å². The van der Waals surface area contributed by atoms with Crippen LogP contribution in [-0.2, 0) is 9.47 Å². The van der Waals surface area contributed by atoms with Crippen LogP contribution in [-0.4, -0.2) is 59.1 Å². The number of unbranched alkanes of at least 4 members (excludes halogenated alkanes) is 13. The zero-order chi connectivity index (χ0) is 25.6. The van der Waals surface area contributed by atoms with Gasteiger partial charge in [0.05, 0.1) is 26.4 Å². The van der Waals surface area contributed by atoms with Crippen molar-refractivity contribution in [2.24, 2.45) is 0 Å². The van der Waals surface area contributed by atoms with Crippen LogP contribution >= 0.6 is 0 Å². The van der Waals surface area contributed by atoms with Gasteiger partial charge in [0.2, 0.25) is 0 Å². The quantitative estimate of drug-likeness (QED) is 0.108. The second kappa shape index (κ2) is 22.4. The molecule has 2 atom stereocenters. The third kappa shape index (κ3) is 17.4. The molecule has 0 rings (SSSR count). The molecule has 0 aromatic rings. The van der Waals surface area contributed by atoms with E-state index in [1.54, 1.807) is 0 Å². The maximum absolute atomic E-state index is 9.73. The summed E-state index contributed by atoms with van der Waals surface area (Å²) in [5.74, 6) is 1.04. The molecule has 0 radical (unpaired) electrons. The molecule has 2 unspecified atom stereocenters. The molecule has 0 amide bonds. The number of allylic oxidation sites excluding steroid dienone is 2. The van der Waals surface area contributed by atoms with Crippen LogP contribution in [0.25, 0.3) is 0 Å². The van der Waals surface area contributed by atoms with E-state index in [2.05, 4.69) is 0 Å². The Balaban J connectivity index is 3.43. The second-order valence-electron chi connectivity index (χ2n) is 9.77. The molecule has 6 nitrogen and oxygen atoms in total. The lowest BCUT2D eigenvalue weighted by atomic mass is 10.0. The Morgan fingerprint density at radius 3 is 0.912 bits per heavy atom. The third-order valence-electron chi connectivity index (χ3n) is 5.99. The molecule has 202 valence electrons. The highest BCUT2D eigenvalue weighted by Gasteiger charge is 2.13. The Labute approximate surface area is 209 Å². The van der Waals surface area contributed by atoms with Crippen LogP contribution < -0.4 is 0 Å². The molecule has 0 heterocycles. The fraction of sp³-hybridized carbons (Fsp3) is 0.857. The average Bonchev–Trinajstić information content (AvgIpc) is 2.81. The van der Waals surface area contributed by atoms with Crippen LogP contribution in [0.5, 0.6) is 0 Å². The fourth-order valence-corrected chi connectivity index (χ4v) is 4.00. The number of ether oxygens (including phenoxy) is 2. The summed E-state index contributed by atoms with van der Waals surface area (Å²) in [5, 5.41) is 37.6. The van der Waals surface area contributed by atoms with E-state index in [-0.39, 0.29) is 13.2 Å². The molecule has 0 spiro atoms. The normalized spacial score (nSPS) is 12.8. The minimum Gasteiger partial charge on any atom is -0.495 e. The van der Waals surface area contributed by atoms with E-state index in [0.29, 0.717) is 24.7 Å². The van der Waals surface area contributed by atoms with Crippen LogP contribution in [0.3, 0.4) is 0 Å². The van der Waals surface area contributed by atoms with Gasteiger partial charge in [0, 0.05) is 0 Å². The summed E-state index contributed by atoms with van der Waals surface area (Å²) in [5.41, 5.74) is 1.84. The summed E-state index contributed by atoms with van der Waals surface area (Å²) in [6, 6.07) is 0. The largest absolute Gasteiger partial charge is 0.495 e. The first-order valence-electron chi connectivity index (χ1n) is 13.5. The number of aliphatic hydroxyl groups excluding tert-OH is 4. The molecule has 0 aliphatic carbocycles. The summed E-state index contributed by atoms with van der Waals surface area (Å²) in [6.07, 6.45) is 15.4. The minimum atomic E-state index is -0.903. The molecule has 34 heavy (non-hydrogen) atoms. The molecule has 4 N–H and O–H groups in total. The van der Waals surface area contributed by atoms with Crippen molar-refractivity contribution < 1.29 is 29.9 Å². The van der Waals surface area contributed by atoms with Crippen molar-refractivity contribution in [2.45, 2.75) is 130 Å². The fourth-order valence-electron chi connectivity index (χ4n) is 4.00. The molecular weight excluding hydrogens is 432 g/mol. The Morgan fingerprint density at radius 1 is 0.471 bits per heavy atom. The van der Waals surface area contributed by atoms with Crippen LogP contribution in [0.2, 0.25) is 0 Å². The van der Waals surface area contributed by atoms with Gasteiger partial charge in [-0.1, -0.05) is 77.0 Å². The van der Waals surface area contributed by atoms with Gasteiger partial charge in [0.25, 0.3) is 0 Å². The van der Waals surface area contributed by atoms with E-state index < -0.39 is 12.2 Å². The molecule has 0 aliphatic heterocycles. The van der Waals surface area contributed by atoms with E-state index in [4.69, 9.17) is 19.7 Å². The highest BCUT2D eigenvalue weighted by atomic mass is 16.5. The maximum atomic E-state index is 9.73. The predicted molar refractivity (Wildman–Crippen MR) is 139 cm³/mol. The van der Waals surface area contributed by atoms with Gasteiger partial charge < -0.3 is 29.9 Å². The van der Waals surface area contributed by atoms with Crippen LogP contribution in [0.1, 0.15) is 118 Å². The van der Waals surface area contributed by atoms with Gasteiger partial charge in [0.1, 0.15) is 23.7 Å². The van der Waals surface area contributed by atoms with E-state index in [9.17, 15) is 10.2 Å². The Kier molecular flexibility index (Phi) is 21.7. The van der Waals surface area contributed by atoms with E-state index in [1.807, 2.05) is 27.7 Å². The average molecular weight is 487 g/mol. The number of hydrogen-bond donors (Lipinski definition) is 4. The lowest BCUT2D eigenvalue weighted by Gasteiger charge is -2.16. The van der Waals surface area contributed by atoms with Crippen molar-refractivity contribution in [3.8, 4) is 0 Å². The van der Waals surface area contributed by atoms with Crippen molar-refractivity contribution in [1.29, 1.82) is 0 Å². The molecule has 0 saturated carbocycles. The first kappa shape index (κ1) is 32.9. The highest BCUT2D eigenvalue weighted by molar-refractivity contribution is 5.08. The van der Waals surface area contributed by atoms with Crippen LogP contribution in [0.4, 0.5) is 0 Å². The summed E-state index contributed by atoms with van der Waals surface area (Å²) in [7, 11) is 0. The number of rotatable bonds is 23. The summed E-state index contributed by atoms with van der Waals surface area (Å²) >= 11 is 0. The highest BCUT2D eigenvalue weighted by Crippen LogP contribution is 2.16. The predicted octanol–water partition coefficient (Wildman–Crippen LogP) is 5.78. The van der Waals surface area contributed by atoms with Gasteiger partial charge in [-0.2, -0.15) is 0 Å². The number of hydrogen-bond acceptors (Lipinski definition) is 6. The second-order valence-corrected chi connectivity index (χ2v) is 9.77. The zero-order valence-electron chi connectivity index (χ0n) is 22.5. The van der Waals surface area contributed by atoms with Gasteiger partial charge in [-0.05, 0) is 51.7 Å². The third-order valence-corrected chi connectivity index (χ3v) is 5.99. The first-order chi connectivity index (χ1) is 16.3. The molecule has 6 heteroatoms. The van der Waals surface area contributed by atoms with Gasteiger partial charge in [-0.3, -0.25) is 0 Å². The minimum absolute atomic E-state index is 0.299. The van der Waals surface area contributed by atoms with Gasteiger partial charge >= 0.3 is 0 Å². The topological polar surface area (TPSA) is 99.4 Å². The number of aliphatic hydroxyl groups is 4. The Hall–Kier alpha value is -1.08. The van der Waals surface area contributed by atoms with Gasteiger partial charge in [-0.25, -0.2) is 0 Å². The molecule has 0 bridgehead atoms. The molecule has 0 fully saturated rings. The monoisotopic (exact) mass is 486 g/mol. The molecule has 0 aromatic carbocycles. The maximum Gasteiger partial charge on any atom is 0.134 e. The molecular formula is C28H54O6. The van der Waals surface area contributed by atoms with Crippen molar-refractivity contribution in [3.63, 3.8) is 0 Å². The molecule has 0 saturated heterocycles. The van der Waals surface area contributed by atoms with Crippen LogP contribution in [0, 0.1) is 0 Å². The summed E-state index contributed by atoms with van der Waals surface area (Å²) in [4.78, 5) is 0. The van der Waals surface area contributed by atoms with Crippen molar-refractivity contribution in [2.75, 3.05) is 26.4 Å². The smallest absolute Gasteiger partial charge is 0.134 e. The van der Waals surface area contributed by atoms with Crippen molar-refractivity contribution in [1.82, 2.24) is 0 Å². The lowest BCUT2D eigenvalue weighted by molar-refractivity contribution is 0.0558. The van der Waals surface area contributed by atoms with E-state index >= 15 is 0 Å². The van der Waals surface area contributed by atoms with E-state index in [1.165, 1.54) is 64.2 Å². The summed E-state index contributed by atoms with van der Waals surface area (Å²) < 4.78 is 11.3. The Morgan fingerprint density at radius 2 is 0.706 bits per heavy atom. The summed E-state index contributed by atoms with van der Waals surface area (Å²) in [6.45, 7) is 8.17. The van der Waals surface area contributed by atoms with E-state index in [0.717, 1.165) is 36.8 Å².